The lowest BCUT2D eigenvalue weighted by molar-refractivity contribution is -0.122. The molecule has 5 heteroatoms. The second-order valence-corrected chi connectivity index (χ2v) is 5.44. The van der Waals surface area contributed by atoms with Crippen molar-refractivity contribution in [1.29, 1.82) is 5.26 Å². The number of nitrogens with one attached hydrogen (secondary N) is 1. The number of rotatable bonds is 5. The van der Waals surface area contributed by atoms with Crippen molar-refractivity contribution in [2.24, 2.45) is 0 Å². The van der Waals surface area contributed by atoms with E-state index in [4.69, 9.17) is 10.00 Å². The lowest BCUT2D eigenvalue weighted by Gasteiger charge is -2.16. The highest BCUT2D eigenvalue weighted by Gasteiger charge is 2.16. The molecule has 0 fully saturated rings. The minimum Gasteiger partial charge on any atom is -0.481 e. The first-order chi connectivity index (χ1) is 10.6. The fourth-order valence-electron chi connectivity index (χ4n) is 1.88. The van der Waals surface area contributed by atoms with Crippen LogP contribution in [0, 0.1) is 11.3 Å². The van der Waals surface area contributed by atoms with E-state index in [0.717, 1.165) is 10.6 Å². The second-order valence-electron chi connectivity index (χ2n) is 4.59. The number of anilines is 1. The summed E-state index contributed by atoms with van der Waals surface area (Å²) in [5.41, 5.74) is 1.26. The van der Waals surface area contributed by atoms with E-state index in [2.05, 4.69) is 5.32 Å². The average Bonchev–Trinajstić information content (AvgIpc) is 2.55. The molecular formula is C17H16N2O2S. The predicted molar refractivity (Wildman–Crippen MR) is 88.1 cm³/mol. The highest BCUT2D eigenvalue weighted by atomic mass is 32.2. The second kappa shape index (κ2) is 7.53. The highest BCUT2D eigenvalue weighted by molar-refractivity contribution is 7.98. The van der Waals surface area contributed by atoms with E-state index in [9.17, 15) is 4.79 Å². The van der Waals surface area contributed by atoms with Gasteiger partial charge >= 0.3 is 0 Å². The molecule has 0 aromatic heterocycles. The lowest BCUT2D eigenvalue weighted by Crippen LogP contribution is -2.30. The van der Waals surface area contributed by atoms with E-state index in [1.807, 2.05) is 36.6 Å². The van der Waals surface area contributed by atoms with E-state index < -0.39 is 6.10 Å². The Kier molecular flexibility index (Phi) is 5.45. The maximum Gasteiger partial charge on any atom is 0.265 e. The third-order valence-corrected chi connectivity index (χ3v) is 3.81. The van der Waals surface area contributed by atoms with E-state index in [1.165, 1.54) is 0 Å². The summed E-state index contributed by atoms with van der Waals surface area (Å²) < 4.78 is 5.59. The molecule has 0 saturated carbocycles. The van der Waals surface area contributed by atoms with Crippen LogP contribution in [0.1, 0.15) is 12.5 Å². The van der Waals surface area contributed by atoms with Crippen molar-refractivity contribution in [2.75, 3.05) is 11.6 Å². The van der Waals surface area contributed by atoms with E-state index in [-0.39, 0.29) is 5.91 Å². The van der Waals surface area contributed by atoms with E-state index in [1.54, 1.807) is 43.0 Å². The summed E-state index contributed by atoms with van der Waals surface area (Å²) in [4.78, 5) is 13.2. The van der Waals surface area contributed by atoms with Gasteiger partial charge in [-0.2, -0.15) is 5.26 Å². The Morgan fingerprint density at radius 2 is 2.05 bits per heavy atom. The maximum atomic E-state index is 12.2. The number of ether oxygens (including phenoxy) is 1. The van der Waals surface area contributed by atoms with Crippen LogP contribution in [-0.4, -0.2) is 18.3 Å². The Hall–Kier alpha value is -2.45. The van der Waals surface area contributed by atoms with Crippen LogP contribution in [0.25, 0.3) is 0 Å². The highest BCUT2D eigenvalue weighted by Crippen LogP contribution is 2.25. The number of nitriles is 1. The SMILES string of the molecule is CSc1ccccc1NC(=O)C(C)Oc1cccc(C#N)c1. The topological polar surface area (TPSA) is 62.1 Å². The largest absolute Gasteiger partial charge is 0.481 e. The molecule has 1 unspecified atom stereocenters. The van der Waals surface area contributed by atoms with Gasteiger partial charge in [0.15, 0.2) is 6.10 Å². The molecule has 1 amide bonds. The van der Waals surface area contributed by atoms with Gasteiger partial charge in [-0.1, -0.05) is 18.2 Å². The molecule has 0 bridgehead atoms. The summed E-state index contributed by atoms with van der Waals surface area (Å²) in [7, 11) is 0. The van der Waals surface area contributed by atoms with Gasteiger partial charge in [0, 0.05) is 4.90 Å². The third-order valence-electron chi connectivity index (χ3n) is 3.01. The van der Waals surface area contributed by atoms with Crippen molar-refractivity contribution in [3.8, 4) is 11.8 Å². The Labute approximate surface area is 134 Å². The summed E-state index contributed by atoms with van der Waals surface area (Å²) in [5.74, 6) is 0.267. The zero-order valence-corrected chi connectivity index (χ0v) is 13.2. The van der Waals surface area contributed by atoms with Crippen LogP contribution in [-0.2, 0) is 4.79 Å². The smallest absolute Gasteiger partial charge is 0.265 e. The molecule has 4 nitrogen and oxygen atoms in total. The average molecular weight is 312 g/mol. The number of hydrogen-bond acceptors (Lipinski definition) is 4. The normalized spacial score (nSPS) is 11.3. The zero-order valence-electron chi connectivity index (χ0n) is 12.4. The minimum atomic E-state index is -0.663. The van der Waals surface area contributed by atoms with Crippen LogP contribution >= 0.6 is 11.8 Å². The van der Waals surface area contributed by atoms with Crippen molar-refractivity contribution in [3.05, 3.63) is 54.1 Å². The summed E-state index contributed by atoms with van der Waals surface area (Å²) >= 11 is 1.57. The molecule has 22 heavy (non-hydrogen) atoms. The number of amides is 1. The molecule has 0 aliphatic heterocycles. The zero-order chi connectivity index (χ0) is 15.9. The fraction of sp³-hybridized carbons (Fsp3) is 0.176. The van der Waals surface area contributed by atoms with Crippen LogP contribution in [0.2, 0.25) is 0 Å². The molecule has 1 atom stereocenters. The van der Waals surface area contributed by atoms with Gasteiger partial charge in [-0.3, -0.25) is 4.79 Å². The van der Waals surface area contributed by atoms with Gasteiger partial charge in [-0.15, -0.1) is 11.8 Å². The van der Waals surface area contributed by atoms with Gasteiger partial charge in [0.2, 0.25) is 0 Å². The first kappa shape index (κ1) is 15.9. The first-order valence-corrected chi connectivity index (χ1v) is 7.97. The standard InChI is InChI=1S/C17H16N2O2S/c1-12(21-14-7-5-6-13(10-14)11-18)17(20)19-15-8-3-4-9-16(15)22-2/h3-10,12H,1-2H3,(H,19,20). The van der Waals surface area contributed by atoms with Crippen molar-refractivity contribution >= 4 is 23.4 Å². The Bertz CT molecular complexity index is 710. The fourth-order valence-corrected chi connectivity index (χ4v) is 2.43. The molecule has 0 radical (unpaired) electrons. The van der Waals surface area contributed by atoms with Crippen LogP contribution in [0.15, 0.2) is 53.4 Å². The van der Waals surface area contributed by atoms with Crippen LogP contribution in [0.3, 0.4) is 0 Å². The van der Waals surface area contributed by atoms with Crippen molar-refractivity contribution in [1.82, 2.24) is 0 Å². The minimum absolute atomic E-state index is 0.233. The Morgan fingerprint density at radius 3 is 2.77 bits per heavy atom. The van der Waals surface area contributed by atoms with Crippen molar-refractivity contribution in [3.63, 3.8) is 0 Å². The van der Waals surface area contributed by atoms with Gasteiger partial charge in [0.05, 0.1) is 17.3 Å². The summed E-state index contributed by atoms with van der Waals surface area (Å²) in [6.45, 7) is 1.68. The Balaban J connectivity index is 2.04. The number of benzene rings is 2. The van der Waals surface area contributed by atoms with Crippen molar-refractivity contribution in [2.45, 2.75) is 17.9 Å². The van der Waals surface area contributed by atoms with E-state index >= 15 is 0 Å². The van der Waals surface area contributed by atoms with Gasteiger partial charge < -0.3 is 10.1 Å². The van der Waals surface area contributed by atoms with Gasteiger partial charge in [0.25, 0.3) is 5.91 Å². The number of carbonyl (C=O) groups excluding carboxylic acids is 1. The molecule has 0 spiro atoms. The summed E-state index contributed by atoms with van der Waals surface area (Å²) in [5, 5.41) is 11.7. The molecule has 112 valence electrons. The summed E-state index contributed by atoms with van der Waals surface area (Å²) in [6, 6.07) is 16.4. The van der Waals surface area contributed by atoms with Crippen LogP contribution in [0.4, 0.5) is 5.69 Å². The first-order valence-electron chi connectivity index (χ1n) is 6.74. The molecule has 2 aromatic carbocycles. The van der Waals surface area contributed by atoms with Gasteiger partial charge in [-0.25, -0.2) is 0 Å². The molecule has 0 aliphatic carbocycles. The van der Waals surface area contributed by atoms with E-state index in [0.29, 0.717) is 11.3 Å². The predicted octanol–water partition coefficient (Wildman–Crippen LogP) is 3.69. The van der Waals surface area contributed by atoms with Crippen LogP contribution < -0.4 is 10.1 Å². The number of para-hydroxylation sites is 1. The van der Waals surface area contributed by atoms with Crippen molar-refractivity contribution < 1.29 is 9.53 Å². The van der Waals surface area contributed by atoms with Crippen LogP contribution in [0.5, 0.6) is 5.75 Å². The number of carbonyl (C=O) groups is 1. The molecule has 2 aromatic rings. The number of hydrogen-bond donors (Lipinski definition) is 1. The quantitative estimate of drug-likeness (QED) is 0.855. The summed E-state index contributed by atoms with van der Waals surface area (Å²) in [6.07, 6.45) is 1.29. The Morgan fingerprint density at radius 1 is 1.27 bits per heavy atom. The molecule has 0 aliphatic rings. The molecule has 0 heterocycles. The number of thioether (sulfide) groups is 1. The molecule has 1 N–H and O–H groups in total. The third kappa shape index (κ3) is 4.03. The maximum absolute atomic E-state index is 12.2. The van der Waals surface area contributed by atoms with Gasteiger partial charge in [0.1, 0.15) is 5.75 Å². The molecule has 0 saturated heterocycles. The molecule has 2 rings (SSSR count). The van der Waals surface area contributed by atoms with Gasteiger partial charge in [-0.05, 0) is 43.5 Å². The number of nitrogens with zero attached hydrogens (tertiary/aromatic N) is 1. The lowest BCUT2D eigenvalue weighted by atomic mass is 10.2. The molecular weight excluding hydrogens is 296 g/mol. The monoisotopic (exact) mass is 312 g/mol.